The Balaban J connectivity index is 1.80. The topological polar surface area (TPSA) is 113 Å². The molecule has 0 saturated carbocycles. The van der Waals surface area contributed by atoms with Gasteiger partial charge < -0.3 is 15.2 Å². The summed E-state index contributed by atoms with van der Waals surface area (Å²) in [5.74, 6) is 0.615. The third-order valence-corrected chi connectivity index (χ3v) is 4.38. The lowest BCUT2D eigenvalue weighted by molar-refractivity contribution is -0.117. The second kappa shape index (κ2) is 8.13. The first-order valence-electron chi connectivity index (χ1n) is 8.44. The summed E-state index contributed by atoms with van der Waals surface area (Å²) in [6.45, 7) is 1.74. The molecule has 0 unspecified atom stereocenters. The Morgan fingerprint density at radius 3 is 2.25 bits per heavy atom. The van der Waals surface area contributed by atoms with Gasteiger partial charge in [-0.1, -0.05) is 35.5 Å². The van der Waals surface area contributed by atoms with Crippen molar-refractivity contribution in [2.24, 2.45) is 0 Å². The van der Waals surface area contributed by atoms with E-state index in [4.69, 9.17) is 4.52 Å². The number of anilines is 3. The van der Waals surface area contributed by atoms with Gasteiger partial charge in [0.15, 0.2) is 5.82 Å². The molecule has 0 radical (unpaired) electrons. The van der Waals surface area contributed by atoms with Crippen LogP contribution in [0.25, 0.3) is 0 Å². The summed E-state index contributed by atoms with van der Waals surface area (Å²) < 4.78 is 30.0. The fourth-order valence-electron chi connectivity index (χ4n) is 2.58. The second-order valence-electron chi connectivity index (χ2n) is 6.25. The summed E-state index contributed by atoms with van der Waals surface area (Å²) >= 11 is 0. The zero-order chi connectivity index (χ0) is 20.1. The number of carbonyl (C=O) groups is 1. The van der Waals surface area contributed by atoms with E-state index in [2.05, 4.69) is 20.5 Å². The maximum absolute atomic E-state index is 12.8. The van der Waals surface area contributed by atoms with Crippen LogP contribution in [-0.2, 0) is 14.8 Å². The molecule has 3 aromatic rings. The van der Waals surface area contributed by atoms with E-state index >= 15 is 0 Å². The maximum Gasteiger partial charge on any atom is 0.252 e. The zero-order valence-corrected chi connectivity index (χ0v) is 16.2. The van der Waals surface area contributed by atoms with Crippen molar-refractivity contribution in [3.63, 3.8) is 0 Å². The fraction of sp³-hybridized carbons (Fsp3) is 0.158. The molecule has 1 atom stereocenters. The molecule has 146 valence electrons. The Labute approximate surface area is 163 Å². The highest BCUT2D eigenvalue weighted by Crippen LogP contribution is 2.23. The van der Waals surface area contributed by atoms with Crippen LogP contribution in [0.5, 0.6) is 0 Å². The molecule has 0 fully saturated rings. The van der Waals surface area contributed by atoms with Gasteiger partial charge in [0.05, 0.1) is 6.26 Å². The quantitative estimate of drug-likeness (QED) is 0.561. The predicted octanol–water partition coefficient (Wildman–Crippen LogP) is 3.15. The lowest BCUT2D eigenvalue weighted by atomic mass is 10.1. The minimum absolute atomic E-state index is 0.308. The Morgan fingerprint density at radius 2 is 1.68 bits per heavy atom. The number of nitrogens with one attached hydrogen (secondary N) is 3. The molecule has 28 heavy (non-hydrogen) atoms. The van der Waals surface area contributed by atoms with Crippen LogP contribution < -0.4 is 15.4 Å². The van der Waals surface area contributed by atoms with Crippen LogP contribution in [0.3, 0.4) is 0 Å². The van der Waals surface area contributed by atoms with Crippen LogP contribution >= 0.6 is 0 Å². The molecule has 1 heterocycles. The first-order valence-corrected chi connectivity index (χ1v) is 10.3. The first kappa shape index (κ1) is 19.4. The monoisotopic (exact) mass is 400 g/mol. The van der Waals surface area contributed by atoms with E-state index in [0.717, 1.165) is 11.8 Å². The van der Waals surface area contributed by atoms with Gasteiger partial charge >= 0.3 is 0 Å². The number of carbonyl (C=O) groups excluding carboxylic acids is 1. The molecule has 8 nitrogen and oxygen atoms in total. The summed E-state index contributed by atoms with van der Waals surface area (Å²) in [7, 11) is -3.35. The third-order valence-electron chi connectivity index (χ3n) is 3.77. The van der Waals surface area contributed by atoms with E-state index in [1.54, 1.807) is 37.3 Å². The lowest BCUT2D eigenvalue weighted by Crippen LogP contribution is -2.27. The van der Waals surface area contributed by atoms with Crippen molar-refractivity contribution in [3.05, 3.63) is 72.0 Å². The molecule has 0 aliphatic heterocycles. The molecule has 9 heteroatoms. The van der Waals surface area contributed by atoms with Crippen molar-refractivity contribution < 1.29 is 17.7 Å². The van der Waals surface area contributed by atoms with Gasteiger partial charge in [0.2, 0.25) is 10.0 Å². The number of hydrogen-bond donors (Lipinski definition) is 3. The second-order valence-corrected chi connectivity index (χ2v) is 8.00. The number of amides is 1. The van der Waals surface area contributed by atoms with Gasteiger partial charge in [0.25, 0.3) is 5.91 Å². The third kappa shape index (κ3) is 5.34. The molecular formula is C19H20N4O4S. The van der Waals surface area contributed by atoms with Crippen molar-refractivity contribution in [2.45, 2.75) is 13.0 Å². The Kier molecular flexibility index (Phi) is 5.65. The average molecular weight is 400 g/mol. The summed E-state index contributed by atoms with van der Waals surface area (Å²) in [6.07, 6.45) is 1.08. The molecule has 1 aromatic heterocycles. The largest absolute Gasteiger partial charge is 0.370 e. The van der Waals surface area contributed by atoms with Gasteiger partial charge in [-0.15, -0.1) is 0 Å². The Bertz CT molecular complexity index is 1050. The molecular weight excluding hydrogens is 380 g/mol. The van der Waals surface area contributed by atoms with Crippen LogP contribution in [0.2, 0.25) is 0 Å². The number of nitrogens with zero attached hydrogens (tertiary/aromatic N) is 1. The van der Waals surface area contributed by atoms with Gasteiger partial charge in [-0.25, -0.2) is 8.42 Å². The average Bonchev–Trinajstić information content (AvgIpc) is 3.05. The number of aromatic nitrogens is 1. The van der Waals surface area contributed by atoms with Crippen molar-refractivity contribution in [3.8, 4) is 0 Å². The number of benzene rings is 2. The van der Waals surface area contributed by atoms with Crippen LogP contribution in [0, 0.1) is 6.92 Å². The van der Waals surface area contributed by atoms with Crippen LogP contribution in [0.4, 0.5) is 17.2 Å². The Hall–Kier alpha value is -3.33. The highest BCUT2D eigenvalue weighted by molar-refractivity contribution is 7.92. The summed E-state index contributed by atoms with van der Waals surface area (Å²) in [6, 6.07) is 16.8. The number of hydrogen-bond acceptors (Lipinski definition) is 6. The van der Waals surface area contributed by atoms with Gasteiger partial charge in [0.1, 0.15) is 11.8 Å². The lowest BCUT2D eigenvalue weighted by Gasteiger charge is -2.19. The van der Waals surface area contributed by atoms with E-state index in [1.165, 1.54) is 0 Å². The highest BCUT2D eigenvalue weighted by atomic mass is 32.2. The summed E-state index contributed by atoms with van der Waals surface area (Å²) in [4.78, 5) is 12.8. The molecule has 0 aliphatic rings. The van der Waals surface area contributed by atoms with Crippen molar-refractivity contribution in [1.29, 1.82) is 0 Å². The molecule has 3 rings (SSSR count). The van der Waals surface area contributed by atoms with Crippen LogP contribution in [-0.4, -0.2) is 25.7 Å². The molecule has 0 saturated heterocycles. The number of rotatable bonds is 7. The Morgan fingerprint density at radius 1 is 1.04 bits per heavy atom. The molecule has 3 N–H and O–H groups in total. The predicted molar refractivity (Wildman–Crippen MR) is 108 cm³/mol. The standard InChI is InChI=1S/C19H20N4O4S/c1-13-12-17(22-27-13)21-19(24)18(14-6-4-3-5-7-14)20-15-8-10-16(11-9-15)23-28(2,25)26/h3-12,18,20,23H,1-2H3,(H,21,22,24)/t18-/m1/s1. The minimum atomic E-state index is -3.35. The van der Waals surface area contributed by atoms with Gasteiger partial charge in [-0.2, -0.15) is 0 Å². The van der Waals surface area contributed by atoms with Crippen LogP contribution in [0.1, 0.15) is 17.4 Å². The molecule has 2 aromatic carbocycles. The first-order chi connectivity index (χ1) is 13.3. The van der Waals surface area contributed by atoms with Gasteiger partial charge in [-0.05, 0) is 36.8 Å². The number of aryl methyl sites for hydroxylation is 1. The maximum atomic E-state index is 12.8. The van der Waals surface area contributed by atoms with Crippen molar-refractivity contribution in [2.75, 3.05) is 21.6 Å². The minimum Gasteiger partial charge on any atom is -0.370 e. The molecule has 0 aliphatic carbocycles. The summed E-state index contributed by atoms with van der Waals surface area (Å²) in [5.41, 5.74) is 1.85. The van der Waals surface area contributed by atoms with Gasteiger partial charge in [-0.3, -0.25) is 9.52 Å². The van der Waals surface area contributed by atoms with Crippen molar-refractivity contribution in [1.82, 2.24) is 5.16 Å². The SMILES string of the molecule is Cc1cc(NC(=O)[C@H](Nc2ccc(NS(C)(=O)=O)cc2)c2ccccc2)no1. The van der Waals surface area contributed by atoms with E-state index in [0.29, 0.717) is 23.0 Å². The zero-order valence-electron chi connectivity index (χ0n) is 15.3. The normalized spacial score (nSPS) is 12.2. The number of sulfonamides is 1. The van der Waals surface area contributed by atoms with Crippen molar-refractivity contribution >= 4 is 33.1 Å². The van der Waals surface area contributed by atoms with Gasteiger partial charge in [0, 0.05) is 17.4 Å². The molecule has 0 bridgehead atoms. The molecule has 1 amide bonds. The smallest absolute Gasteiger partial charge is 0.252 e. The highest BCUT2D eigenvalue weighted by Gasteiger charge is 2.21. The van der Waals surface area contributed by atoms with Crippen LogP contribution in [0.15, 0.2) is 65.2 Å². The van der Waals surface area contributed by atoms with E-state index < -0.39 is 16.1 Å². The molecule has 0 spiro atoms. The summed E-state index contributed by atoms with van der Waals surface area (Å²) in [5, 5.41) is 9.68. The van der Waals surface area contributed by atoms with E-state index in [-0.39, 0.29) is 5.91 Å². The van der Waals surface area contributed by atoms with E-state index in [9.17, 15) is 13.2 Å². The van der Waals surface area contributed by atoms with E-state index in [1.807, 2.05) is 30.3 Å². The fourth-order valence-corrected chi connectivity index (χ4v) is 3.15.